The maximum atomic E-state index is 11.9. The number of piperazine rings is 1. The summed E-state index contributed by atoms with van der Waals surface area (Å²) in [5.74, 6) is 0.831. The second-order valence-corrected chi connectivity index (χ2v) is 8.05. The highest BCUT2D eigenvalue weighted by Gasteiger charge is 2.33. The van der Waals surface area contributed by atoms with Gasteiger partial charge in [0.2, 0.25) is 0 Å². The molecule has 0 bridgehead atoms. The van der Waals surface area contributed by atoms with Crippen molar-refractivity contribution in [3.63, 3.8) is 0 Å². The lowest BCUT2D eigenvalue weighted by Crippen LogP contribution is -2.52. The molecule has 1 aliphatic carbocycles. The first-order chi connectivity index (χ1) is 13.1. The lowest BCUT2D eigenvalue weighted by atomic mass is 9.93. The van der Waals surface area contributed by atoms with Crippen molar-refractivity contribution in [1.82, 2.24) is 30.0 Å². The Labute approximate surface area is 162 Å². The summed E-state index contributed by atoms with van der Waals surface area (Å²) >= 11 is 0. The van der Waals surface area contributed by atoms with E-state index in [0.717, 1.165) is 38.0 Å². The normalized spacial score (nSPS) is 21.5. The molecule has 8 nitrogen and oxygen atoms in total. The quantitative estimate of drug-likeness (QED) is 0.671. The van der Waals surface area contributed by atoms with Crippen LogP contribution in [0.15, 0.2) is 0 Å². The molecule has 0 radical (unpaired) electrons. The third-order valence-corrected chi connectivity index (χ3v) is 5.87. The zero-order chi connectivity index (χ0) is 19.2. The van der Waals surface area contributed by atoms with Gasteiger partial charge in [-0.1, -0.05) is 33.1 Å². The van der Waals surface area contributed by atoms with Crippen LogP contribution in [0.1, 0.15) is 64.7 Å². The van der Waals surface area contributed by atoms with Crippen molar-refractivity contribution in [2.75, 3.05) is 32.8 Å². The molecule has 27 heavy (non-hydrogen) atoms. The van der Waals surface area contributed by atoms with Crippen LogP contribution in [0.4, 0.5) is 0 Å². The fraction of sp³-hybridized carbons (Fsp3) is 0.895. The van der Waals surface area contributed by atoms with Gasteiger partial charge in [-0.05, 0) is 36.1 Å². The van der Waals surface area contributed by atoms with Crippen molar-refractivity contribution in [3.8, 4) is 0 Å². The van der Waals surface area contributed by atoms with Crippen LogP contribution < -0.4 is 0 Å². The molecule has 1 atom stereocenters. The topological polar surface area (TPSA) is 76.4 Å². The number of nitrogens with zero attached hydrogens (tertiary/aromatic N) is 6. The maximum absolute atomic E-state index is 11.9. The molecule has 8 heteroatoms. The minimum atomic E-state index is -0.296. The Morgan fingerprint density at radius 2 is 1.85 bits per heavy atom. The van der Waals surface area contributed by atoms with Gasteiger partial charge in [0, 0.05) is 32.2 Å². The molecule has 0 spiro atoms. The van der Waals surface area contributed by atoms with Crippen molar-refractivity contribution in [1.29, 1.82) is 0 Å². The third kappa shape index (κ3) is 5.04. The molecule has 0 aromatic carbocycles. The van der Waals surface area contributed by atoms with E-state index in [4.69, 9.17) is 4.74 Å². The summed E-state index contributed by atoms with van der Waals surface area (Å²) in [6.07, 6.45) is 6.86. The Bertz CT molecular complexity index is 591. The molecule has 152 valence electrons. The summed E-state index contributed by atoms with van der Waals surface area (Å²) in [6.45, 7) is 10.9. The summed E-state index contributed by atoms with van der Waals surface area (Å²) in [5, 5.41) is 12.2. The van der Waals surface area contributed by atoms with E-state index < -0.39 is 0 Å². The van der Waals surface area contributed by atoms with Crippen LogP contribution in [0.5, 0.6) is 0 Å². The SMILES string of the molecule is CCOC(=O)Cn1nnnc1C(C(C)C)N1CCN(C2CCCCC2)CC1. The molecular weight excluding hydrogens is 344 g/mol. The smallest absolute Gasteiger partial charge is 0.327 e. The number of hydrogen-bond donors (Lipinski definition) is 0. The summed E-state index contributed by atoms with van der Waals surface area (Å²) in [4.78, 5) is 17.0. The number of esters is 1. The molecule has 0 N–H and O–H groups in total. The molecule has 1 saturated heterocycles. The predicted octanol–water partition coefficient (Wildman–Crippen LogP) is 1.88. The number of carbonyl (C=O) groups is 1. The summed E-state index contributed by atoms with van der Waals surface area (Å²) < 4.78 is 6.67. The first-order valence-corrected chi connectivity index (χ1v) is 10.5. The van der Waals surface area contributed by atoms with E-state index in [2.05, 4.69) is 39.2 Å². The maximum Gasteiger partial charge on any atom is 0.327 e. The van der Waals surface area contributed by atoms with Crippen LogP contribution in [0, 0.1) is 5.92 Å². The minimum absolute atomic E-state index is 0.0709. The van der Waals surface area contributed by atoms with Crippen LogP contribution in [0.25, 0.3) is 0 Å². The molecular formula is C19H34N6O2. The Kier molecular flexibility index (Phi) is 7.18. The van der Waals surface area contributed by atoms with Gasteiger partial charge in [-0.2, -0.15) is 0 Å². The summed E-state index contributed by atoms with van der Waals surface area (Å²) in [5.41, 5.74) is 0. The van der Waals surface area contributed by atoms with Gasteiger partial charge < -0.3 is 4.74 Å². The highest BCUT2D eigenvalue weighted by molar-refractivity contribution is 5.69. The Morgan fingerprint density at radius 3 is 2.48 bits per heavy atom. The predicted molar refractivity (Wildman–Crippen MR) is 102 cm³/mol. The van der Waals surface area contributed by atoms with Crippen molar-refractivity contribution in [2.45, 2.75) is 71.5 Å². The molecule has 0 amide bonds. The lowest BCUT2D eigenvalue weighted by molar-refractivity contribution is -0.144. The van der Waals surface area contributed by atoms with Crippen LogP contribution in [-0.4, -0.2) is 74.8 Å². The zero-order valence-corrected chi connectivity index (χ0v) is 17.0. The number of aromatic nitrogens is 4. The Hall–Kier alpha value is -1.54. The van der Waals surface area contributed by atoms with Crippen LogP contribution in [0.3, 0.4) is 0 Å². The second kappa shape index (κ2) is 9.59. The molecule has 1 unspecified atom stereocenters. The fourth-order valence-electron chi connectivity index (χ4n) is 4.57. The van der Waals surface area contributed by atoms with Gasteiger partial charge in [-0.15, -0.1) is 5.10 Å². The van der Waals surface area contributed by atoms with E-state index in [1.54, 1.807) is 11.6 Å². The number of tetrazole rings is 1. The van der Waals surface area contributed by atoms with Gasteiger partial charge in [-0.3, -0.25) is 14.6 Å². The second-order valence-electron chi connectivity index (χ2n) is 8.05. The molecule has 1 aromatic rings. The average molecular weight is 379 g/mol. The van der Waals surface area contributed by atoms with E-state index in [1.807, 2.05) is 0 Å². The first-order valence-electron chi connectivity index (χ1n) is 10.5. The summed E-state index contributed by atoms with van der Waals surface area (Å²) in [7, 11) is 0. The molecule has 2 fully saturated rings. The van der Waals surface area contributed by atoms with E-state index in [0.29, 0.717) is 12.5 Å². The van der Waals surface area contributed by atoms with E-state index in [9.17, 15) is 4.79 Å². The Balaban J connectivity index is 1.65. The van der Waals surface area contributed by atoms with Crippen molar-refractivity contribution >= 4 is 5.97 Å². The molecule has 1 aliphatic heterocycles. The van der Waals surface area contributed by atoms with E-state index in [-0.39, 0.29) is 18.6 Å². The Morgan fingerprint density at radius 1 is 1.15 bits per heavy atom. The van der Waals surface area contributed by atoms with Gasteiger partial charge >= 0.3 is 5.97 Å². The standard InChI is InChI=1S/C19H34N6O2/c1-4-27-17(26)14-25-19(20-21-22-25)18(15(2)3)24-12-10-23(11-13-24)16-8-6-5-7-9-16/h15-16,18H,4-14H2,1-3H3. The lowest BCUT2D eigenvalue weighted by Gasteiger charge is -2.43. The van der Waals surface area contributed by atoms with Gasteiger partial charge in [0.05, 0.1) is 12.6 Å². The molecule has 2 heterocycles. The van der Waals surface area contributed by atoms with Crippen LogP contribution >= 0.6 is 0 Å². The highest BCUT2D eigenvalue weighted by Crippen LogP contribution is 2.30. The number of hydrogen-bond acceptors (Lipinski definition) is 7. The van der Waals surface area contributed by atoms with Gasteiger partial charge in [0.25, 0.3) is 0 Å². The average Bonchev–Trinajstić information content (AvgIpc) is 3.10. The first kappa shape index (κ1) is 20.2. The number of rotatable bonds is 7. The van der Waals surface area contributed by atoms with Crippen molar-refractivity contribution in [3.05, 3.63) is 5.82 Å². The zero-order valence-electron chi connectivity index (χ0n) is 17.0. The molecule has 3 rings (SSSR count). The summed E-state index contributed by atoms with van der Waals surface area (Å²) in [6, 6.07) is 0.885. The molecule has 1 saturated carbocycles. The fourth-order valence-corrected chi connectivity index (χ4v) is 4.57. The van der Waals surface area contributed by atoms with Crippen molar-refractivity contribution < 1.29 is 9.53 Å². The van der Waals surface area contributed by atoms with Crippen molar-refractivity contribution in [2.24, 2.45) is 5.92 Å². The van der Waals surface area contributed by atoms with E-state index in [1.165, 1.54) is 32.1 Å². The van der Waals surface area contributed by atoms with E-state index >= 15 is 0 Å². The molecule has 1 aromatic heterocycles. The van der Waals surface area contributed by atoms with Crippen LogP contribution in [0.2, 0.25) is 0 Å². The third-order valence-electron chi connectivity index (χ3n) is 5.87. The van der Waals surface area contributed by atoms with Gasteiger partial charge in [-0.25, -0.2) is 4.68 Å². The number of carbonyl (C=O) groups excluding carboxylic acids is 1. The highest BCUT2D eigenvalue weighted by atomic mass is 16.5. The van der Waals surface area contributed by atoms with Gasteiger partial charge in [0.15, 0.2) is 5.82 Å². The molecule has 2 aliphatic rings. The monoisotopic (exact) mass is 378 g/mol. The number of ether oxygens (including phenoxy) is 1. The van der Waals surface area contributed by atoms with Crippen LogP contribution in [-0.2, 0) is 16.1 Å². The largest absolute Gasteiger partial charge is 0.465 e. The minimum Gasteiger partial charge on any atom is -0.465 e. The van der Waals surface area contributed by atoms with Gasteiger partial charge in [0.1, 0.15) is 6.54 Å².